The van der Waals surface area contributed by atoms with Crippen molar-refractivity contribution in [2.24, 2.45) is 0 Å². The topological polar surface area (TPSA) is 95.9 Å². The van der Waals surface area contributed by atoms with Crippen molar-refractivity contribution in [3.05, 3.63) is 60.6 Å². The molecule has 3 aliphatic rings. The first-order valence-electron chi connectivity index (χ1n) is 11.6. The zero-order valence-corrected chi connectivity index (χ0v) is 19.5. The van der Waals surface area contributed by atoms with E-state index in [2.05, 4.69) is 34.2 Å². The molecule has 1 saturated carbocycles. The highest BCUT2D eigenvalue weighted by atomic mass is 19.1. The summed E-state index contributed by atoms with van der Waals surface area (Å²) in [6.07, 6.45) is 9.34. The van der Waals surface area contributed by atoms with Gasteiger partial charge >= 0.3 is 0 Å². The normalized spacial score (nSPS) is 24.7. The second-order valence-corrected chi connectivity index (χ2v) is 8.90. The number of hydrogen-bond donors (Lipinski definition) is 5. The van der Waals surface area contributed by atoms with Crippen LogP contribution in [-0.2, 0) is 4.74 Å². The summed E-state index contributed by atoms with van der Waals surface area (Å²) in [5.74, 6) is 0.122. The summed E-state index contributed by atoms with van der Waals surface area (Å²) in [7, 11) is 0. The maximum absolute atomic E-state index is 14.8. The SMILES string of the molecule is C=CNC(=CC(=N)N1CCN(CCCO)CC1)[C@H]1C/C(=C\C(F)=C(/C=C)OC2(C)CC2)NN1. The predicted octanol–water partition coefficient (Wildman–Crippen LogP) is 2.27. The molecule has 8 nitrogen and oxygen atoms in total. The molecule has 2 heterocycles. The molecule has 0 unspecified atom stereocenters. The van der Waals surface area contributed by atoms with Crippen molar-refractivity contribution in [3.8, 4) is 0 Å². The maximum Gasteiger partial charge on any atom is 0.166 e. The monoisotopic (exact) mass is 460 g/mol. The third-order valence-corrected chi connectivity index (χ3v) is 6.15. The molecular formula is C24H37FN6O2. The van der Waals surface area contributed by atoms with Crippen molar-refractivity contribution >= 4 is 5.84 Å². The van der Waals surface area contributed by atoms with Crippen molar-refractivity contribution in [2.75, 3.05) is 39.3 Å². The molecule has 0 aromatic carbocycles. The van der Waals surface area contributed by atoms with Crippen LogP contribution in [0.4, 0.5) is 4.39 Å². The van der Waals surface area contributed by atoms with Gasteiger partial charge in [-0.25, -0.2) is 9.82 Å². The quantitative estimate of drug-likeness (QED) is 0.140. The Balaban J connectivity index is 1.61. The fourth-order valence-corrected chi connectivity index (χ4v) is 3.85. The number of ether oxygens (including phenoxy) is 1. The first kappa shape index (κ1) is 25.0. The van der Waals surface area contributed by atoms with Crippen LogP contribution in [-0.4, -0.2) is 71.7 Å². The minimum Gasteiger partial charge on any atom is -0.485 e. The highest BCUT2D eigenvalue weighted by Gasteiger charge is 2.40. The Morgan fingerprint density at radius 2 is 2.06 bits per heavy atom. The van der Waals surface area contributed by atoms with Crippen LogP contribution in [0.25, 0.3) is 0 Å². The van der Waals surface area contributed by atoms with E-state index in [1.165, 1.54) is 12.2 Å². The molecular weight excluding hydrogens is 423 g/mol. The van der Waals surface area contributed by atoms with Crippen LogP contribution in [0.5, 0.6) is 0 Å². The van der Waals surface area contributed by atoms with Gasteiger partial charge in [-0.05, 0) is 44.5 Å². The molecule has 0 radical (unpaired) electrons. The van der Waals surface area contributed by atoms with E-state index in [-0.39, 0.29) is 24.0 Å². The third kappa shape index (κ3) is 7.18. The number of piperazine rings is 1. The number of amidine groups is 1. The summed E-state index contributed by atoms with van der Waals surface area (Å²) in [5.41, 5.74) is 7.37. The number of halogens is 1. The molecule has 0 spiro atoms. The molecule has 9 heteroatoms. The van der Waals surface area contributed by atoms with E-state index in [0.717, 1.165) is 57.7 Å². The van der Waals surface area contributed by atoms with Crippen LogP contribution >= 0.6 is 0 Å². The van der Waals surface area contributed by atoms with Gasteiger partial charge in [0.2, 0.25) is 0 Å². The lowest BCUT2D eigenvalue weighted by Gasteiger charge is -2.35. The van der Waals surface area contributed by atoms with Crippen LogP contribution in [0.2, 0.25) is 0 Å². The minimum absolute atomic E-state index is 0.160. The number of aliphatic hydroxyl groups is 1. The van der Waals surface area contributed by atoms with Crippen LogP contribution in [0, 0.1) is 5.41 Å². The number of aliphatic hydroxyl groups excluding tert-OH is 1. The Morgan fingerprint density at radius 3 is 2.67 bits per heavy atom. The van der Waals surface area contributed by atoms with Gasteiger partial charge in [-0.2, -0.15) is 0 Å². The molecule has 0 bridgehead atoms. The molecule has 0 aromatic rings. The fraction of sp³-hybridized carbons (Fsp3) is 0.542. The minimum atomic E-state index is -0.461. The van der Waals surface area contributed by atoms with Gasteiger partial charge in [-0.1, -0.05) is 13.2 Å². The molecule has 1 aliphatic carbocycles. The smallest absolute Gasteiger partial charge is 0.166 e. The van der Waals surface area contributed by atoms with Crippen molar-refractivity contribution in [1.82, 2.24) is 26.0 Å². The van der Waals surface area contributed by atoms with Gasteiger partial charge in [-0.15, -0.1) is 0 Å². The molecule has 3 rings (SSSR count). The number of allylic oxidation sites excluding steroid dienone is 3. The Labute approximate surface area is 196 Å². The Bertz CT molecular complexity index is 825. The van der Waals surface area contributed by atoms with Gasteiger partial charge in [0, 0.05) is 63.2 Å². The number of rotatable bonds is 11. The first-order chi connectivity index (χ1) is 15.9. The average Bonchev–Trinajstić information content (AvgIpc) is 3.36. The van der Waals surface area contributed by atoms with Gasteiger partial charge in [0.25, 0.3) is 0 Å². The lowest BCUT2D eigenvalue weighted by Crippen LogP contribution is -2.48. The van der Waals surface area contributed by atoms with E-state index in [1.807, 2.05) is 11.8 Å². The molecule has 5 N–H and O–H groups in total. The van der Waals surface area contributed by atoms with Crippen molar-refractivity contribution < 1.29 is 14.2 Å². The highest BCUT2D eigenvalue weighted by molar-refractivity contribution is 5.91. The lowest BCUT2D eigenvalue weighted by molar-refractivity contribution is 0.114. The Morgan fingerprint density at radius 1 is 1.33 bits per heavy atom. The largest absolute Gasteiger partial charge is 0.485 e. The second-order valence-electron chi connectivity index (χ2n) is 8.90. The zero-order chi connectivity index (χ0) is 23.8. The van der Waals surface area contributed by atoms with Crippen LogP contribution in [0.1, 0.15) is 32.6 Å². The van der Waals surface area contributed by atoms with Crippen LogP contribution in [0.3, 0.4) is 0 Å². The molecule has 1 atom stereocenters. The second kappa shape index (κ2) is 11.5. The van der Waals surface area contributed by atoms with Gasteiger partial charge in [0.05, 0.1) is 6.04 Å². The standard InChI is InChI=1S/C24H37FN6O2/c1-4-22(33-24(3)7-8-24)19(25)15-18-16-21(29-28-18)20(27-5-2)17-23(26)31-12-10-30(11-13-31)9-6-14-32/h4-5,15,17,21,26-29,32H,1-2,6-14,16H2,3H3/b18-15+,20-17?,22-19-,26-23?/t21-/m1/s1. The lowest BCUT2D eigenvalue weighted by atomic mass is 10.1. The van der Waals surface area contributed by atoms with E-state index in [4.69, 9.17) is 15.3 Å². The molecule has 0 amide bonds. The molecule has 2 saturated heterocycles. The van der Waals surface area contributed by atoms with Crippen LogP contribution in [0.15, 0.2) is 60.6 Å². The number of hydrogen-bond acceptors (Lipinski definition) is 7. The van der Waals surface area contributed by atoms with Gasteiger partial charge < -0.3 is 25.5 Å². The van der Waals surface area contributed by atoms with Crippen molar-refractivity contribution in [1.29, 1.82) is 5.41 Å². The molecule has 33 heavy (non-hydrogen) atoms. The van der Waals surface area contributed by atoms with E-state index >= 15 is 0 Å². The number of nitrogens with zero attached hydrogens (tertiary/aromatic N) is 2. The van der Waals surface area contributed by atoms with E-state index in [0.29, 0.717) is 18.0 Å². The molecule has 0 aromatic heterocycles. The Hall–Kier alpha value is -2.62. The predicted molar refractivity (Wildman–Crippen MR) is 129 cm³/mol. The van der Waals surface area contributed by atoms with Gasteiger partial charge in [0.1, 0.15) is 11.4 Å². The summed E-state index contributed by atoms with van der Waals surface area (Å²) in [6, 6.07) is -0.165. The summed E-state index contributed by atoms with van der Waals surface area (Å²) >= 11 is 0. The summed E-state index contributed by atoms with van der Waals surface area (Å²) in [6.45, 7) is 13.7. The zero-order valence-electron chi connectivity index (χ0n) is 19.5. The molecule has 3 fully saturated rings. The summed E-state index contributed by atoms with van der Waals surface area (Å²) in [5, 5.41) is 20.7. The molecule has 182 valence electrons. The van der Waals surface area contributed by atoms with Crippen molar-refractivity contribution in [3.63, 3.8) is 0 Å². The van der Waals surface area contributed by atoms with E-state index < -0.39 is 5.83 Å². The van der Waals surface area contributed by atoms with Crippen molar-refractivity contribution in [2.45, 2.75) is 44.2 Å². The number of hydrazine groups is 1. The van der Waals surface area contributed by atoms with E-state index in [1.54, 1.807) is 12.3 Å². The summed E-state index contributed by atoms with van der Waals surface area (Å²) in [4.78, 5) is 4.34. The Kier molecular flexibility index (Phi) is 8.71. The third-order valence-electron chi connectivity index (χ3n) is 6.15. The van der Waals surface area contributed by atoms with Crippen LogP contribution < -0.4 is 16.2 Å². The fourth-order valence-electron chi connectivity index (χ4n) is 3.85. The highest BCUT2D eigenvalue weighted by Crippen LogP contribution is 2.41. The van der Waals surface area contributed by atoms with Gasteiger partial charge in [0.15, 0.2) is 11.6 Å². The molecule has 2 aliphatic heterocycles. The first-order valence-corrected chi connectivity index (χ1v) is 11.6. The summed E-state index contributed by atoms with van der Waals surface area (Å²) < 4.78 is 20.5. The van der Waals surface area contributed by atoms with Gasteiger partial charge in [-0.3, -0.25) is 10.3 Å². The maximum atomic E-state index is 14.8. The number of nitrogens with one attached hydrogen (secondary N) is 4. The average molecular weight is 461 g/mol. The van der Waals surface area contributed by atoms with E-state index in [9.17, 15) is 4.39 Å².